The fourth-order valence-electron chi connectivity index (χ4n) is 2.64. The van der Waals surface area contributed by atoms with E-state index in [1.165, 1.54) is 23.5 Å². The van der Waals surface area contributed by atoms with Gasteiger partial charge in [0.2, 0.25) is 5.95 Å². The van der Waals surface area contributed by atoms with Crippen molar-refractivity contribution in [1.29, 1.82) is 0 Å². The zero-order valence-electron chi connectivity index (χ0n) is 12.4. The standard InChI is InChI=1S/C15H16ClN5O2/c16-14-3-1-2-11-10-20(6-4-13(11)14)7-5-17-15-18-8-12(9-19-15)21(22)23/h1-3,8-9H,4-7,10H2,(H,17,18,19). The van der Waals surface area contributed by atoms with E-state index < -0.39 is 4.92 Å². The van der Waals surface area contributed by atoms with Crippen molar-refractivity contribution in [2.24, 2.45) is 0 Å². The molecule has 1 N–H and O–H groups in total. The minimum atomic E-state index is -0.514. The molecule has 2 aromatic rings. The number of anilines is 1. The first-order chi connectivity index (χ1) is 11.1. The summed E-state index contributed by atoms with van der Waals surface area (Å²) in [7, 11) is 0. The van der Waals surface area contributed by atoms with Crippen LogP contribution in [-0.2, 0) is 13.0 Å². The van der Waals surface area contributed by atoms with Gasteiger partial charge >= 0.3 is 5.69 Å². The van der Waals surface area contributed by atoms with Gasteiger partial charge in [0.1, 0.15) is 12.4 Å². The molecule has 0 saturated heterocycles. The van der Waals surface area contributed by atoms with E-state index in [0.29, 0.717) is 12.5 Å². The number of hydrogen-bond acceptors (Lipinski definition) is 6. The summed E-state index contributed by atoms with van der Waals surface area (Å²) in [5.74, 6) is 0.399. The SMILES string of the molecule is O=[N+]([O-])c1cnc(NCCN2CCc3c(Cl)cccc3C2)nc1. The van der Waals surface area contributed by atoms with Gasteiger partial charge in [-0.3, -0.25) is 15.0 Å². The molecule has 2 heterocycles. The Morgan fingerprint density at radius 3 is 2.87 bits per heavy atom. The maximum absolute atomic E-state index is 10.5. The maximum atomic E-state index is 10.5. The molecule has 0 bridgehead atoms. The molecule has 23 heavy (non-hydrogen) atoms. The van der Waals surface area contributed by atoms with Gasteiger partial charge in [-0.1, -0.05) is 23.7 Å². The highest BCUT2D eigenvalue weighted by atomic mass is 35.5. The zero-order valence-corrected chi connectivity index (χ0v) is 13.2. The normalized spacial score (nSPS) is 14.3. The average Bonchev–Trinajstić information content (AvgIpc) is 2.55. The number of benzene rings is 1. The molecule has 1 aliphatic rings. The number of aromatic nitrogens is 2. The van der Waals surface area contributed by atoms with Crippen molar-refractivity contribution in [3.05, 3.63) is 56.9 Å². The van der Waals surface area contributed by atoms with Crippen molar-refractivity contribution < 1.29 is 4.92 Å². The molecule has 1 aliphatic heterocycles. The summed E-state index contributed by atoms with van der Waals surface area (Å²) in [5, 5.41) is 14.5. The van der Waals surface area contributed by atoms with E-state index in [9.17, 15) is 10.1 Å². The average molecular weight is 334 g/mol. The third-order valence-corrected chi connectivity index (χ3v) is 4.20. The van der Waals surface area contributed by atoms with Crippen LogP contribution in [0.5, 0.6) is 0 Å². The first-order valence-corrected chi connectivity index (χ1v) is 7.70. The van der Waals surface area contributed by atoms with Gasteiger partial charge in [0.05, 0.1) is 4.92 Å². The zero-order chi connectivity index (χ0) is 16.2. The molecular formula is C15H16ClN5O2. The Kier molecular flexibility index (Phi) is 4.68. The minimum Gasteiger partial charge on any atom is -0.353 e. The Bertz CT molecular complexity index is 708. The number of fused-ring (bicyclic) bond motifs is 1. The third-order valence-electron chi connectivity index (χ3n) is 3.85. The van der Waals surface area contributed by atoms with Crippen LogP contribution in [0.2, 0.25) is 5.02 Å². The van der Waals surface area contributed by atoms with Gasteiger partial charge in [-0.2, -0.15) is 0 Å². The highest BCUT2D eigenvalue weighted by molar-refractivity contribution is 6.31. The van der Waals surface area contributed by atoms with E-state index in [0.717, 1.165) is 31.1 Å². The Labute approximate surface area is 138 Å². The molecule has 0 radical (unpaired) electrons. The van der Waals surface area contributed by atoms with Crippen LogP contribution in [0, 0.1) is 10.1 Å². The quantitative estimate of drug-likeness (QED) is 0.668. The Morgan fingerprint density at radius 1 is 1.35 bits per heavy atom. The molecule has 0 fully saturated rings. The first kappa shape index (κ1) is 15.6. The number of nitrogens with zero attached hydrogens (tertiary/aromatic N) is 4. The predicted octanol–water partition coefficient (Wildman–Crippen LogP) is 2.51. The molecule has 3 rings (SSSR count). The van der Waals surface area contributed by atoms with E-state index in [1.807, 2.05) is 12.1 Å². The Hall–Kier alpha value is -2.25. The van der Waals surface area contributed by atoms with Crippen LogP contribution >= 0.6 is 11.6 Å². The molecular weight excluding hydrogens is 318 g/mol. The van der Waals surface area contributed by atoms with E-state index in [2.05, 4.69) is 26.3 Å². The van der Waals surface area contributed by atoms with Crippen molar-refractivity contribution in [3.8, 4) is 0 Å². The molecule has 0 saturated carbocycles. The van der Waals surface area contributed by atoms with E-state index in [-0.39, 0.29) is 5.69 Å². The molecule has 1 aromatic heterocycles. The summed E-state index contributed by atoms with van der Waals surface area (Å²) in [6.07, 6.45) is 3.35. The van der Waals surface area contributed by atoms with Gasteiger partial charge in [-0.15, -0.1) is 0 Å². The maximum Gasteiger partial charge on any atom is 0.305 e. The summed E-state index contributed by atoms with van der Waals surface area (Å²) < 4.78 is 0. The first-order valence-electron chi connectivity index (χ1n) is 7.32. The molecule has 8 heteroatoms. The van der Waals surface area contributed by atoms with Crippen LogP contribution in [0.1, 0.15) is 11.1 Å². The molecule has 120 valence electrons. The van der Waals surface area contributed by atoms with Gasteiger partial charge in [-0.25, -0.2) is 9.97 Å². The van der Waals surface area contributed by atoms with Crippen molar-refractivity contribution in [1.82, 2.24) is 14.9 Å². The molecule has 0 atom stereocenters. The summed E-state index contributed by atoms with van der Waals surface area (Å²) in [6.45, 7) is 3.35. The Balaban J connectivity index is 1.51. The lowest BCUT2D eigenvalue weighted by molar-refractivity contribution is -0.385. The lowest BCUT2D eigenvalue weighted by Gasteiger charge is -2.29. The van der Waals surface area contributed by atoms with Gasteiger partial charge in [0.15, 0.2) is 0 Å². The Morgan fingerprint density at radius 2 is 2.13 bits per heavy atom. The van der Waals surface area contributed by atoms with Crippen LogP contribution < -0.4 is 5.32 Å². The summed E-state index contributed by atoms with van der Waals surface area (Å²) in [6, 6.07) is 6.03. The summed E-state index contributed by atoms with van der Waals surface area (Å²) >= 11 is 6.21. The van der Waals surface area contributed by atoms with E-state index in [1.54, 1.807) is 0 Å². The number of halogens is 1. The molecule has 0 unspecified atom stereocenters. The molecule has 0 amide bonds. The topological polar surface area (TPSA) is 84.2 Å². The second-order valence-corrected chi connectivity index (χ2v) is 5.76. The molecule has 0 aliphatic carbocycles. The second kappa shape index (κ2) is 6.89. The largest absolute Gasteiger partial charge is 0.353 e. The van der Waals surface area contributed by atoms with Gasteiger partial charge in [0.25, 0.3) is 0 Å². The van der Waals surface area contributed by atoms with Crippen LogP contribution in [0.3, 0.4) is 0 Å². The number of rotatable bonds is 5. The second-order valence-electron chi connectivity index (χ2n) is 5.35. The lowest BCUT2D eigenvalue weighted by Crippen LogP contribution is -2.34. The molecule has 1 aromatic carbocycles. The smallest absolute Gasteiger partial charge is 0.305 e. The summed E-state index contributed by atoms with van der Waals surface area (Å²) in [4.78, 5) is 20.2. The van der Waals surface area contributed by atoms with Crippen molar-refractivity contribution in [2.45, 2.75) is 13.0 Å². The lowest BCUT2D eigenvalue weighted by atomic mass is 10.00. The highest BCUT2D eigenvalue weighted by Crippen LogP contribution is 2.25. The predicted molar refractivity (Wildman–Crippen MR) is 87.6 cm³/mol. The fraction of sp³-hybridized carbons (Fsp3) is 0.333. The number of nitrogens with one attached hydrogen (secondary N) is 1. The number of hydrogen-bond donors (Lipinski definition) is 1. The van der Waals surface area contributed by atoms with Gasteiger partial charge in [0, 0.05) is 31.2 Å². The van der Waals surface area contributed by atoms with Crippen LogP contribution in [0.4, 0.5) is 11.6 Å². The molecule has 7 nitrogen and oxygen atoms in total. The van der Waals surface area contributed by atoms with Crippen LogP contribution in [0.15, 0.2) is 30.6 Å². The van der Waals surface area contributed by atoms with E-state index >= 15 is 0 Å². The van der Waals surface area contributed by atoms with Gasteiger partial charge < -0.3 is 5.32 Å². The van der Waals surface area contributed by atoms with E-state index in [4.69, 9.17) is 11.6 Å². The summed E-state index contributed by atoms with van der Waals surface area (Å²) in [5.41, 5.74) is 2.41. The fourth-order valence-corrected chi connectivity index (χ4v) is 2.93. The van der Waals surface area contributed by atoms with Crippen molar-refractivity contribution in [3.63, 3.8) is 0 Å². The van der Waals surface area contributed by atoms with Crippen LogP contribution in [0.25, 0.3) is 0 Å². The highest BCUT2D eigenvalue weighted by Gasteiger charge is 2.17. The number of nitro groups is 1. The minimum absolute atomic E-state index is 0.111. The van der Waals surface area contributed by atoms with Gasteiger partial charge in [-0.05, 0) is 23.6 Å². The molecule has 0 spiro atoms. The van der Waals surface area contributed by atoms with Crippen LogP contribution in [-0.4, -0.2) is 39.4 Å². The third kappa shape index (κ3) is 3.75. The van der Waals surface area contributed by atoms with Crippen molar-refractivity contribution >= 4 is 23.2 Å². The monoisotopic (exact) mass is 333 g/mol. The van der Waals surface area contributed by atoms with Crippen molar-refractivity contribution in [2.75, 3.05) is 25.0 Å².